The molecule has 3 aromatic carbocycles. The van der Waals surface area contributed by atoms with Crippen LogP contribution in [-0.4, -0.2) is 6.09 Å². The Bertz CT molecular complexity index is 857. The fourth-order valence-corrected chi connectivity index (χ4v) is 2.87. The van der Waals surface area contributed by atoms with E-state index in [1.54, 1.807) is 42.5 Å². The number of hydrogen-bond acceptors (Lipinski definition) is 4. The van der Waals surface area contributed by atoms with E-state index in [9.17, 15) is 9.18 Å². The molecule has 0 radical (unpaired) electrons. The molecule has 0 aromatic heterocycles. The van der Waals surface area contributed by atoms with Crippen molar-refractivity contribution in [3.8, 4) is 5.75 Å². The van der Waals surface area contributed by atoms with Crippen LogP contribution in [0.25, 0.3) is 0 Å². The molecule has 4 nitrogen and oxygen atoms in total. The van der Waals surface area contributed by atoms with Gasteiger partial charge in [0.1, 0.15) is 11.6 Å². The normalized spacial score (nSPS) is 10.3. The Hall–Kier alpha value is -2.83. The highest BCUT2D eigenvalue weighted by Gasteiger charge is 2.05. The first-order valence-electron chi connectivity index (χ1n) is 7.97. The molecule has 0 aliphatic heterocycles. The highest BCUT2D eigenvalue weighted by molar-refractivity contribution is 7.97. The standard InChI is InChI=1S/C20H17FN2O2S/c21-16-6-4-5-15(13-16)14-22-26-19-11-9-17(10-12-19)23-20(24)25-18-7-2-1-3-8-18/h1-13,22H,14H2,(H,23,24). The molecule has 26 heavy (non-hydrogen) atoms. The van der Waals surface area contributed by atoms with Gasteiger partial charge in [0.15, 0.2) is 0 Å². The average molecular weight is 368 g/mol. The van der Waals surface area contributed by atoms with Crippen LogP contribution in [0.15, 0.2) is 83.8 Å². The van der Waals surface area contributed by atoms with Gasteiger partial charge >= 0.3 is 6.09 Å². The molecule has 132 valence electrons. The van der Waals surface area contributed by atoms with Crippen molar-refractivity contribution in [3.05, 3.63) is 90.2 Å². The first kappa shape index (κ1) is 18.0. The zero-order valence-electron chi connectivity index (χ0n) is 13.8. The van der Waals surface area contributed by atoms with E-state index in [4.69, 9.17) is 4.74 Å². The van der Waals surface area contributed by atoms with Crippen LogP contribution in [0.5, 0.6) is 5.75 Å². The number of ether oxygens (including phenoxy) is 1. The number of halogens is 1. The molecule has 3 rings (SSSR count). The second kappa shape index (κ2) is 9.03. The molecular formula is C20H17FN2O2S. The average Bonchev–Trinajstić information content (AvgIpc) is 2.64. The molecule has 0 unspecified atom stereocenters. The lowest BCUT2D eigenvalue weighted by Gasteiger charge is -2.08. The molecule has 0 saturated heterocycles. The molecule has 1 amide bonds. The predicted octanol–water partition coefficient (Wildman–Crippen LogP) is 5.23. The van der Waals surface area contributed by atoms with Gasteiger partial charge in [0.05, 0.1) is 0 Å². The number of benzene rings is 3. The molecule has 0 atom stereocenters. The summed E-state index contributed by atoms with van der Waals surface area (Å²) in [7, 11) is 0. The first-order valence-corrected chi connectivity index (χ1v) is 8.79. The predicted molar refractivity (Wildman–Crippen MR) is 102 cm³/mol. The summed E-state index contributed by atoms with van der Waals surface area (Å²) in [6, 6.07) is 22.7. The van der Waals surface area contributed by atoms with E-state index in [2.05, 4.69) is 10.0 Å². The van der Waals surface area contributed by atoms with Gasteiger partial charge in [0, 0.05) is 17.1 Å². The quantitative estimate of drug-likeness (QED) is 0.585. The van der Waals surface area contributed by atoms with Crippen LogP contribution in [0, 0.1) is 5.82 Å². The first-order chi connectivity index (χ1) is 12.7. The number of amides is 1. The van der Waals surface area contributed by atoms with E-state index in [1.807, 2.05) is 24.3 Å². The lowest BCUT2D eigenvalue weighted by Crippen LogP contribution is -2.16. The fraction of sp³-hybridized carbons (Fsp3) is 0.0500. The van der Waals surface area contributed by atoms with Crippen molar-refractivity contribution < 1.29 is 13.9 Å². The molecular weight excluding hydrogens is 351 g/mol. The lowest BCUT2D eigenvalue weighted by molar-refractivity contribution is 0.215. The molecule has 0 aliphatic carbocycles. The van der Waals surface area contributed by atoms with Crippen LogP contribution in [0.1, 0.15) is 5.56 Å². The van der Waals surface area contributed by atoms with Crippen molar-refractivity contribution in [2.75, 3.05) is 5.32 Å². The van der Waals surface area contributed by atoms with Crippen molar-refractivity contribution in [1.29, 1.82) is 0 Å². The Morgan fingerprint density at radius 1 is 0.962 bits per heavy atom. The van der Waals surface area contributed by atoms with Crippen LogP contribution in [0.3, 0.4) is 0 Å². The number of rotatable bonds is 6. The largest absolute Gasteiger partial charge is 0.417 e. The minimum Gasteiger partial charge on any atom is -0.410 e. The second-order valence-corrected chi connectivity index (χ2v) is 6.37. The Morgan fingerprint density at radius 2 is 1.73 bits per heavy atom. The maximum absolute atomic E-state index is 13.1. The van der Waals surface area contributed by atoms with Crippen LogP contribution in [0.2, 0.25) is 0 Å². The van der Waals surface area contributed by atoms with Crippen molar-refractivity contribution in [2.45, 2.75) is 11.4 Å². The maximum atomic E-state index is 13.1. The maximum Gasteiger partial charge on any atom is 0.417 e. The number of nitrogens with one attached hydrogen (secondary N) is 2. The van der Waals surface area contributed by atoms with E-state index in [-0.39, 0.29) is 5.82 Å². The highest BCUT2D eigenvalue weighted by atomic mass is 32.2. The molecule has 0 aliphatic rings. The van der Waals surface area contributed by atoms with E-state index in [0.717, 1.165) is 10.5 Å². The van der Waals surface area contributed by atoms with E-state index < -0.39 is 6.09 Å². The van der Waals surface area contributed by atoms with Crippen LogP contribution in [0.4, 0.5) is 14.9 Å². The summed E-state index contributed by atoms with van der Waals surface area (Å²) >= 11 is 1.43. The number of anilines is 1. The smallest absolute Gasteiger partial charge is 0.410 e. The van der Waals surface area contributed by atoms with Gasteiger partial charge < -0.3 is 4.74 Å². The third-order valence-corrected chi connectivity index (χ3v) is 4.21. The Kier molecular flexibility index (Phi) is 6.24. The molecule has 3 aromatic rings. The molecule has 2 N–H and O–H groups in total. The summed E-state index contributed by atoms with van der Waals surface area (Å²) in [6.07, 6.45) is -0.541. The number of carbonyl (C=O) groups excluding carboxylic acids is 1. The number of hydrogen-bond donors (Lipinski definition) is 2. The fourth-order valence-electron chi connectivity index (χ4n) is 2.19. The summed E-state index contributed by atoms with van der Waals surface area (Å²) in [4.78, 5) is 12.8. The van der Waals surface area contributed by atoms with Crippen LogP contribution in [-0.2, 0) is 6.54 Å². The zero-order valence-corrected chi connectivity index (χ0v) is 14.6. The van der Waals surface area contributed by atoms with Gasteiger partial charge in [0.25, 0.3) is 0 Å². The third kappa shape index (κ3) is 5.61. The van der Waals surface area contributed by atoms with Gasteiger partial charge in [-0.25, -0.2) is 9.18 Å². The third-order valence-electron chi connectivity index (χ3n) is 3.41. The van der Waals surface area contributed by atoms with Crippen molar-refractivity contribution in [1.82, 2.24) is 4.72 Å². The molecule has 0 saturated carbocycles. The van der Waals surface area contributed by atoms with Crippen molar-refractivity contribution in [3.63, 3.8) is 0 Å². The SMILES string of the molecule is O=C(Nc1ccc(SNCc2cccc(F)c2)cc1)Oc1ccccc1. The molecule has 0 spiro atoms. The molecule has 6 heteroatoms. The summed E-state index contributed by atoms with van der Waals surface area (Å²) < 4.78 is 21.5. The van der Waals surface area contributed by atoms with Crippen molar-refractivity contribution in [2.24, 2.45) is 0 Å². The lowest BCUT2D eigenvalue weighted by atomic mass is 10.2. The van der Waals surface area contributed by atoms with Gasteiger partial charge in [-0.3, -0.25) is 10.0 Å². The Labute approximate surface area is 155 Å². The van der Waals surface area contributed by atoms with E-state index >= 15 is 0 Å². The van der Waals surface area contributed by atoms with Crippen molar-refractivity contribution >= 4 is 23.7 Å². The Morgan fingerprint density at radius 3 is 2.46 bits per heavy atom. The van der Waals surface area contributed by atoms with Gasteiger partial charge in [-0.1, -0.05) is 30.3 Å². The second-order valence-electron chi connectivity index (χ2n) is 5.41. The monoisotopic (exact) mass is 368 g/mol. The van der Waals surface area contributed by atoms with E-state index in [1.165, 1.54) is 24.1 Å². The molecule has 0 fully saturated rings. The number of carbonyl (C=O) groups is 1. The van der Waals surface area contributed by atoms with E-state index in [0.29, 0.717) is 18.0 Å². The van der Waals surface area contributed by atoms with Crippen LogP contribution >= 0.6 is 11.9 Å². The van der Waals surface area contributed by atoms with Gasteiger partial charge in [-0.15, -0.1) is 0 Å². The molecule has 0 heterocycles. The van der Waals surface area contributed by atoms with Gasteiger partial charge in [-0.2, -0.15) is 0 Å². The van der Waals surface area contributed by atoms with Gasteiger partial charge in [0.2, 0.25) is 0 Å². The highest BCUT2D eigenvalue weighted by Crippen LogP contribution is 2.19. The summed E-state index contributed by atoms with van der Waals surface area (Å²) in [5.74, 6) is 0.242. The topological polar surface area (TPSA) is 50.4 Å². The minimum atomic E-state index is -0.541. The minimum absolute atomic E-state index is 0.243. The summed E-state index contributed by atoms with van der Waals surface area (Å²) in [6.45, 7) is 0.547. The summed E-state index contributed by atoms with van der Waals surface area (Å²) in [5.41, 5.74) is 1.51. The molecule has 0 bridgehead atoms. The van der Waals surface area contributed by atoms with Gasteiger partial charge in [-0.05, 0) is 66.0 Å². The van der Waals surface area contributed by atoms with Crippen LogP contribution < -0.4 is 14.8 Å². The zero-order chi connectivity index (χ0) is 18.2. The number of para-hydroxylation sites is 1. The summed E-state index contributed by atoms with van der Waals surface area (Å²) in [5, 5.41) is 2.67. The Balaban J connectivity index is 1.46.